The number of rotatable bonds is 0. The molecule has 0 saturated heterocycles. The molecule has 0 aliphatic heterocycles. The van der Waals surface area contributed by atoms with E-state index in [0.29, 0.717) is 5.56 Å². The Labute approximate surface area is 69.8 Å². The van der Waals surface area contributed by atoms with Gasteiger partial charge < -0.3 is 13.3 Å². The zero-order valence-corrected chi connectivity index (χ0v) is 6.44. The van der Waals surface area contributed by atoms with Gasteiger partial charge in [-0.25, -0.2) is 0 Å². The normalized spacial score (nSPS) is 11.8. The molecule has 0 amide bonds. The van der Waals surface area contributed by atoms with E-state index in [1.54, 1.807) is 6.92 Å². The van der Waals surface area contributed by atoms with Gasteiger partial charge in [0.25, 0.3) is 0 Å². The minimum atomic E-state index is -4.31. The molecule has 0 saturated carbocycles. The van der Waals surface area contributed by atoms with Crippen LogP contribution in [-0.2, 0) is 6.18 Å². The van der Waals surface area contributed by atoms with E-state index in [4.69, 9.17) is 7.85 Å². The molecule has 63 valence electrons. The lowest BCUT2D eigenvalue weighted by Crippen LogP contribution is -2.11. The fourth-order valence-corrected chi connectivity index (χ4v) is 0.976. The molecule has 0 aliphatic rings. The van der Waals surface area contributed by atoms with Gasteiger partial charge in [0.15, 0.2) is 0 Å². The Hall–Kier alpha value is -0.925. The predicted octanol–water partition coefficient (Wildman–Crippen LogP) is 1.81. The number of halogens is 3. The number of hydrogen-bond donors (Lipinski definition) is 0. The van der Waals surface area contributed by atoms with Crippen LogP contribution in [0.4, 0.5) is 13.2 Å². The van der Waals surface area contributed by atoms with Crippen molar-refractivity contribution in [2.45, 2.75) is 13.1 Å². The van der Waals surface area contributed by atoms with E-state index in [-0.39, 0.29) is 5.46 Å². The van der Waals surface area contributed by atoms with Crippen molar-refractivity contribution in [3.63, 3.8) is 0 Å². The largest absolute Gasteiger partial charge is 0.580 e. The van der Waals surface area contributed by atoms with Crippen molar-refractivity contribution in [1.29, 1.82) is 0 Å². The Bertz CT molecular complexity index is 271. The molecule has 0 atom stereocenters. The quantitative estimate of drug-likeness (QED) is 0.520. The lowest BCUT2D eigenvalue weighted by atomic mass is 9.92. The van der Waals surface area contributed by atoms with Crippen LogP contribution in [0.3, 0.4) is 0 Å². The van der Waals surface area contributed by atoms with Crippen LogP contribution in [0.25, 0.3) is 0 Å². The Morgan fingerprint density at radius 2 is 1.75 bits per heavy atom. The molecule has 3 radical (unpaired) electrons. The Kier molecular flexibility index (Phi) is 2.17. The zero-order valence-electron chi connectivity index (χ0n) is 6.44. The summed E-state index contributed by atoms with van der Waals surface area (Å²) in [5.74, 6) is 0. The summed E-state index contributed by atoms with van der Waals surface area (Å²) in [6, 6.07) is 3.48. The number of alkyl halides is 3. The third-order valence-corrected chi connectivity index (χ3v) is 1.43. The van der Waals surface area contributed by atoms with Crippen molar-refractivity contribution in [3.8, 4) is 0 Å². The maximum atomic E-state index is 12.1. The Balaban J connectivity index is 3.18. The second kappa shape index (κ2) is 2.85. The highest BCUT2D eigenvalue weighted by Gasteiger charge is 2.29. The van der Waals surface area contributed by atoms with Gasteiger partial charge in [-0.15, -0.1) is 6.07 Å². The SMILES string of the molecule is [B-]c1cc(C)cc(C(F)(F)F)c1. The summed E-state index contributed by atoms with van der Waals surface area (Å²) in [7, 11) is 5.26. The van der Waals surface area contributed by atoms with Gasteiger partial charge in [0.1, 0.15) is 0 Å². The van der Waals surface area contributed by atoms with Crippen molar-refractivity contribution in [1.82, 2.24) is 0 Å². The molecule has 1 aromatic carbocycles. The van der Waals surface area contributed by atoms with Crippen LogP contribution in [0.2, 0.25) is 0 Å². The lowest BCUT2D eigenvalue weighted by Gasteiger charge is -2.13. The van der Waals surface area contributed by atoms with Gasteiger partial charge in [0.05, 0.1) is 5.56 Å². The standard InChI is InChI=1S/C8H6BF3/c1-5-2-6(8(10,11)12)4-7(9)3-5/h2-4H,1H3/q-1. The molecular weight excluding hydrogens is 164 g/mol. The van der Waals surface area contributed by atoms with Crippen LogP contribution in [0.1, 0.15) is 11.1 Å². The first kappa shape index (κ1) is 9.17. The molecule has 0 bridgehead atoms. The van der Waals surface area contributed by atoms with Crippen LogP contribution < -0.4 is 5.46 Å². The van der Waals surface area contributed by atoms with E-state index >= 15 is 0 Å². The third kappa shape index (κ3) is 2.03. The third-order valence-electron chi connectivity index (χ3n) is 1.43. The summed E-state index contributed by atoms with van der Waals surface area (Å²) in [4.78, 5) is 0. The summed E-state index contributed by atoms with van der Waals surface area (Å²) in [5.41, 5.74) is -0.0374. The molecule has 0 fully saturated rings. The van der Waals surface area contributed by atoms with Gasteiger partial charge in [0.2, 0.25) is 0 Å². The Morgan fingerprint density at radius 1 is 1.17 bits per heavy atom. The summed E-state index contributed by atoms with van der Waals surface area (Å²) >= 11 is 0. The summed E-state index contributed by atoms with van der Waals surface area (Å²) in [5, 5.41) is 0. The average molecular weight is 170 g/mol. The first-order valence-electron chi connectivity index (χ1n) is 3.34. The van der Waals surface area contributed by atoms with E-state index < -0.39 is 11.7 Å². The van der Waals surface area contributed by atoms with E-state index in [1.165, 1.54) is 6.07 Å². The molecule has 0 aliphatic carbocycles. The highest BCUT2D eigenvalue weighted by Crippen LogP contribution is 2.28. The summed E-state index contributed by atoms with van der Waals surface area (Å²) in [6.07, 6.45) is -4.31. The topological polar surface area (TPSA) is 0 Å². The second-order valence-electron chi connectivity index (χ2n) is 2.63. The number of benzene rings is 1. The molecule has 0 nitrogen and oxygen atoms in total. The molecule has 0 aromatic heterocycles. The molecule has 1 aromatic rings. The summed E-state index contributed by atoms with van der Waals surface area (Å²) in [6.45, 7) is 1.58. The van der Waals surface area contributed by atoms with E-state index in [9.17, 15) is 13.2 Å². The monoisotopic (exact) mass is 170 g/mol. The summed E-state index contributed by atoms with van der Waals surface area (Å²) < 4.78 is 36.3. The van der Waals surface area contributed by atoms with Crippen LogP contribution in [-0.4, -0.2) is 7.85 Å². The maximum absolute atomic E-state index is 12.1. The average Bonchev–Trinajstić information content (AvgIpc) is 1.82. The van der Waals surface area contributed by atoms with E-state index in [0.717, 1.165) is 12.1 Å². The lowest BCUT2D eigenvalue weighted by molar-refractivity contribution is -0.137. The predicted molar refractivity (Wildman–Crippen MR) is 41.6 cm³/mol. The van der Waals surface area contributed by atoms with Crippen LogP contribution in [0.5, 0.6) is 0 Å². The van der Waals surface area contributed by atoms with Crippen molar-refractivity contribution < 1.29 is 13.2 Å². The van der Waals surface area contributed by atoms with Gasteiger partial charge >= 0.3 is 6.18 Å². The molecule has 0 spiro atoms. The number of hydrogen-bond acceptors (Lipinski definition) is 0. The van der Waals surface area contributed by atoms with Gasteiger partial charge in [-0.05, 0) is 13.0 Å². The minimum absolute atomic E-state index is 0.141. The van der Waals surface area contributed by atoms with Crippen LogP contribution in [0.15, 0.2) is 18.2 Å². The zero-order chi connectivity index (χ0) is 9.35. The fraction of sp³-hybridized carbons (Fsp3) is 0.250. The van der Waals surface area contributed by atoms with Crippen molar-refractivity contribution in [3.05, 3.63) is 29.3 Å². The van der Waals surface area contributed by atoms with E-state index in [2.05, 4.69) is 0 Å². The Morgan fingerprint density at radius 3 is 2.17 bits per heavy atom. The van der Waals surface area contributed by atoms with Gasteiger partial charge in [0, 0.05) is 0 Å². The highest BCUT2D eigenvalue weighted by atomic mass is 19.4. The molecule has 0 heterocycles. The minimum Gasteiger partial charge on any atom is -0.580 e. The molecule has 0 unspecified atom stereocenters. The molecule has 4 heteroatoms. The molecule has 0 N–H and O–H groups in total. The van der Waals surface area contributed by atoms with Gasteiger partial charge in [-0.1, -0.05) is 11.6 Å². The van der Waals surface area contributed by atoms with Crippen molar-refractivity contribution in [2.24, 2.45) is 0 Å². The van der Waals surface area contributed by atoms with Gasteiger partial charge in [-0.3, -0.25) is 0 Å². The van der Waals surface area contributed by atoms with Crippen molar-refractivity contribution in [2.75, 3.05) is 0 Å². The van der Waals surface area contributed by atoms with Crippen LogP contribution >= 0.6 is 0 Å². The van der Waals surface area contributed by atoms with E-state index in [1.807, 2.05) is 0 Å². The molecule has 12 heavy (non-hydrogen) atoms. The first-order chi connectivity index (χ1) is 5.39. The first-order valence-corrected chi connectivity index (χ1v) is 3.34. The van der Waals surface area contributed by atoms with Crippen molar-refractivity contribution >= 4 is 13.3 Å². The fourth-order valence-electron chi connectivity index (χ4n) is 0.976. The van der Waals surface area contributed by atoms with Gasteiger partial charge in [-0.2, -0.15) is 13.2 Å². The smallest absolute Gasteiger partial charge is 0.416 e. The highest BCUT2D eigenvalue weighted by molar-refractivity contribution is 6.32. The number of aryl methyl sites for hydroxylation is 1. The molecular formula is C8H6BF3-. The molecule has 1 rings (SSSR count). The van der Waals surface area contributed by atoms with Crippen LogP contribution in [0, 0.1) is 6.92 Å². The second-order valence-corrected chi connectivity index (χ2v) is 2.63. The maximum Gasteiger partial charge on any atom is 0.416 e.